The Morgan fingerprint density at radius 3 is 3.00 bits per heavy atom. The number of anilines is 1. The first-order valence-corrected chi connectivity index (χ1v) is 5.71. The minimum absolute atomic E-state index is 0.722. The van der Waals surface area contributed by atoms with E-state index in [-0.39, 0.29) is 0 Å². The predicted octanol–water partition coefficient (Wildman–Crippen LogP) is 0.348. The summed E-state index contributed by atoms with van der Waals surface area (Å²) in [4.78, 5) is 5.84. The summed E-state index contributed by atoms with van der Waals surface area (Å²) < 4.78 is 5.35. The molecule has 0 amide bonds. The van der Waals surface area contributed by atoms with Crippen molar-refractivity contribution in [3.63, 3.8) is 0 Å². The number of hydrogen-bond donors (Lipinski definition) is 2. The monoisotopic (exact) mass is 246 g/mol. The largest absolute Gasteiger partial charge is 0.494 e. The molecule has 0 atom stereocenters. The molecule has 0 saturated heterocycles. The zero-order valence-electron chi connectivity index (χ0n) is 10.3. The number of nitrogens with zero attached hydrogens (tertiary/aromatic N) is 4. The van der Waals surface area contributed by atoms with Gasteiger partial charge in [-0.15, -0.1) is 0 Å². The number of nitrogens with one attached hydrogen (secondary N) is 2. The van der Waals surface area contributed by atoms with Crippen LogP contribution in [0, 0.1) is 0 Å². The lowest BCUT2D eigenvalue weighted by Crippen LogP contribution is -2.26. The van der Waals surface area contributed by atoms with E-state index in [2.05, 4.69) is 25.8 Å². The van der Waals surface area contributed by atoms with Crippen molar-refractivity contribution in [1.29, 1.82) is 0 Å². The van der Waals surface area contributed by atoms with E-state index in [4.69, 9.17) is 4.74 Å². The van der Waals surface area contributed by atoms with Gasteiger partial charge in [-0.2, -0.15) is 15.0 Å². The van der Waals surface area contributed by atoms with Gasteiger partial charge in [0.15, 0.2) is 5.96 Å². The number of aryl methyl sites for hydroxylation is 1. The van der Waals surface area contributed by atoms with Gasteiger partial charge in [0.05, 0.1) is 13.7 Å². The fourth-order valence-corrected chi connectivity index (χ4v) is 1.96. The van der Waals surface area contributed by atoms with Gasteiger partial charge < -0.3 is 15.4 Å². The van der Waals surface area contributed by atoms with Crippen molar-refractivity contribution in [2.24, 2.45) is 12.0 Å². The molecule has 0 radical (unpaired) electrons. The van der Waals surface area contributed by atoms with E-state index in [0.717, 1.165) is 41.5 Å². The van der Waals surface area contributed by atoms with Crippen molar-refractivity contribution >= 4 is 22.7 Å². The first kappa shape index (κ1) is 10.8. The summed E-state index contributed by atoms with van der Waals surface area (Å²) in [5, 5.41) is 15.0. The summed E-state index contributed by atoms with van der Waals surface area (Å²) >= 11 is 0. The van der Waals surface area contributed by atoms with Crippen LogP contribution in [0.1, 0.15) is 0 Å². The Labute approximate surface area is 104 Å². The number of guanidine groups is 1. The number of methoxy groups -OCH3 is 1. The molecule has 3 rings (SSSR count). The molecule has 1 aliphatic rings. The van der Waals surface area contributed by atoms with Crippen LogP contribution in [0.3, 0.4) is 0 Å². The fraction of sp³-hybridized carbons (Fsp3) is 0.364. The lowest BCUT2D eigenvalue weighted by molar-refractivity contribution is 0.417. The second kappa shape index (κ2) is 4.17. The number of rotatable bonds is 2. The molecule has 0 spiro atoms. The summed E-state index contributed by atoms with van der Waals surface area (Å²) in [5.74, 6) is 1.46. The lowest BCUT2D eigenvalue weighted by Gasteiger charge is -2.11. The normalized spacial score (nSPS) is 14.4. The first-order valence-electron chi connectivity index (χ1n) is 5.71. The smallest absolute Gasteiger partial charge is 0.196 e. The molecule has 1 aliphatic heterocycles. The van der Waals surface area contributed by atoms with Crippen LogP contribution in [-0.2, 0) is 7.05 Å². The van der Waals surface area contributed by atoms with Crippen LogP contribution in [0.15, 0.2) is 17.1 Å². The van der Waals surface area contributed by atoms with Crippen LogP contribution in [0.5, 0.6) is 5.75 Å². The first-order chi connectivity index (χ1) is 8.78. The molecule has 0 saturated carbocycles. The average Bonchev–Trinajstić information content (AvgIpc) is 2.98. The Balaban J connectivity index is 2.10. The summed E-state index contributed by atoms with van der Waals surface area (Å²) in [5.41, 5.74) is 2.38. The summed E-state index contributed by atoms with van der Waals surface area (Å²) in [7, 11) is 3.42. The van der Waals surface area contributed by atoms with E-state index >= 15 is 0 Å². The molecule has 1 aromatic heterocycles. The minimum Gasteiger partial charge on any atom is -0.494 e. The van der Waals surface area contributed by atoms with Crippen molar-refractivity contribution in [1.82, 2.24) is 20.3 Å². The van der Waals surface area contributed by atoms with Crippen molar-refractivity contribution in [3.05, 3.63) is 12.1 Å². The Morgan fingerprint density at radius 2 is 2.28 bits per heavy atom. The van der Waals surface area contributed by atoms with Crippen LogP contribution in [0.2, 0.25) is 0 Å². The predicted molar refractivity (Wildman–Crippen MR) is 69.0 cm³/mol. The van der Waals surface area contributed by atoms with E-state index in [0.29, 0.717) is 0 Å². The highest BCUT2D eigenvalue weighted by Crippen LogP contribution is 2.31. The molecular weight excluding hydrogens is 232 g/mol. The average molecular weight is 246 g/mol. The molecule has 7 heteroatoms. The van der Waals surface area contributed by atoms with Crippen molar-refractivity contribution in [2.75, 3.05) is 25.5 Å². The molecule has 94 valence electrons. The zero-order valence-corrected chi connectivity index (χ0v) is 10.3. The highest BCUT2D eigenvalue weighted by Gasteiger charge is 2.15. The second-order valence-corrected chi connectivity index (χ2v) is 3.98. The van der Waals surface area contributed by atoms with Gasteiger partial charge in [0, 0.05) is 13.6 Å². The van der Waals surface area contributed by atoms with E-state index in [1.807, 2.05) is 12.1 Å². The van der Waals surface area contributed by atoms with Crippen LogP contribution in [0.25, 0.3) is 11.0 Å². The third kappa shape index (κ3) is 1.73. The summed E-state index contributed by atoms with van der Waals surface area (Å²) in [6.07, 6.45) is 0. The fourth-order valence-electron chi connectivity index (χ4n) is 1.96. The molecular formula is C11H14N6O. The molecule has 0 unspecified atom stereocenters. The number of ether oxygens (including phenoxy) is 1. The third-order valence-corrected chi connectivity index (χ3v) is 2.75. The maximum atomic E-state index is 5.35. The minimum atomic E-state index is 0.722. The van der Waals surface area contributed by atoms with Crippen molar-refractivity contribution in [2.45, 2.75) is 0 Å². The Morgan fingerprint density at radius 1 is 1.39 bits per heavy atom. The highest BCUT2D eigenvalue weighted by molar-refractivity contribution is 6.03. The van der Waals surface area contributed by atoms with Crippen molar-refractivity contribution in [3.8, 4) is 5.75 Å². The lowest BCUT2D eigenvalue weighted by atomic mass is 10.2. The van der Waals surface area contributed by atoms with Gasteiger partial charge in [0.25, 0.3) is 0 Å². The number of aromatic nitrogens is 3. The van der Waals surface area contributed by atoms with Gasteiger partial charge in [0.2, 0.25) is 0 Å². The summed E-state index contributed by atoms with van der Waals surface area (Å²) in [6.45, 7) is 1.63. The number of benzene rings is 1. The highest BCUT2D eigenvalue weighted by atomic mass is 16.5. The number of aliphatic imine (C=N–C) groups is 1. The maximum Gasteiger partial charge on any atom is 0.196 e. The standard InChI is InChI=1S/C11H14N6O/c1-17-15-7-3-4-8(18-2)10(9(7)16-17)14-11-12-5-6-13-11/h3-4H,5-6H2,1-2H3,(H2,12,13,14). The number of hydrogen-bond acceptors (Lipinski definition) is 6. The zero-order chi connectivity index (χ0) is 12.5. The van der Waals surface area contributed by atoms with E-state index in [1.165, 1.54) is 0 Å². The third-order valence-electron chi connectivity index (χ3n) is 2.75. The van der Waals surface area contributed by atoms with Crippen LogP contribution >= 0.6 is 0 Å². The van der Waals surface area contributed by atoms with Gasteiger partial charge in [-0.3, -0.25) is 4.99 Å². The van der Waals surface area contributed by atoms with Crippen LogP contribution in [-0.4, -0.2) is 41.2 Å². The molecule has 7 nitrogen and oxygen atoms in total. The molecule has 2 heterocycles. The molecule has 0 fully saturated rings. The van der Waals surface area contributed by atoms with Crippen molar-refractivity contribution < 1.29 is 4.74 Å². The summed E-state index contributed by atoms with van der Waals surface area (Å²) in [6, 6.07) is 3.76. The van der Waals surface area contributed by atoms with E-state index in [1.54, 1.807) is 19.0 Å². The van der Waals surface area contributed by atoms with Gasteiger partial charge in [0.1, 0.15) is 22.5 Å². The quantitative estimate of drug-likeness (QED) is 0.799. The topological polar surface area (TPSA) is 76.4 Å². The van der Waals surface area contributed by atoms with E-state index in [9.17, 15) is 0 Å². The Hall–Kier alpha value is -2.31. The SMILES string of the molecule is COc1ccc2nn(C)nc2c1NC1=NCCN1. The van der Waals surface area contributed by atoms with Gasteiger partial charge >= 0.3 is 0 Å². The Bertz CT molecular complexity index is 617. The van der Waals surface area contributed by atoms with Gasteiger partial charge in [-0.25, -0.2) is 0 Å². The Kier molecular flexibility index (Phi) is 2.51. The number of fused-ring (bicyclic) bond motifs is 1. The molecule has 1 aromatic carbocycles. The van der Waals surface area contributed by atoms with Crippen LogP contribution < -0.4 is 15.4 Å². The second-order valence-electron chi connectivity index (χ2n) is 3.98. The molecule has 0 bridgehead atoms. The maximum absolute atomic E-state index is 5.35. The van der Waals surface area contributed by atoms with Crippen LogP contribution in [0.4, 0.5) is 5.69 Å². The molecule has 0 aliphatic carbocycles. The molecule has 18 heavy (non-hydrogen) atoms. The molecule has 2 N–H and O–H groups in total. The van der Waals surface area contributed by atoms with E-state index < -0.39 is 0 Å². The van der Waals surface area contributed by atoms with Gasteiger partial charge in [-0.1, -0.05) is 0 Å². The van der Waals surface area contributed by atoms with Gasteiger partial charge in [-0.05, 0) is 12.1 Å². The molecule has 2 aromatic rings.